The van der Waals surface area contributed by atoms with Crippen molar-refractivity contribution >= 4 is 35.2 Å². The van der Waals surface area contributed by atoms with Crippen LogP contribution in [0.3, 0.4) is 0 Å². The minimum absolute atomic E-state index is 0.0511. The molecule has 1 aromatic carbocycles. The van der Waals surface area contributed by atoms with Gasteiger partial charge in [-0.3, -0.25) is 4.79 Å². The number of carbonyl (C=O) groups is 3. The Morgan fingerprint density at radius 2 is 1.95 bits per heavy atom. The molecule has 0 spiro atoms. The number of thioether (sulfide) groups is 1. The van der Waals surface area contributed by atoms with Gasteiger partial charge in [0.1, 0.15) is 6.04 Å². The first kappa shape index (κ1) is 14.4. The molecule has 106 valence electrons. The van der Waals surface area contributed by atoms with Crippen molar-refractivity contribution in [3.05, 3.63) is 29.8 Å². The van der Waals surface area contributed by atoms with Crippen LogP contribution >= 0.6 is 11.8 Å². The van der Waals surface area contributed by atoms with E-state index in [2.05, 4.69) is 5.32 Å². The summed E-state index contributed by atoms with van der Waals surface area (Å²) in [6.07, 6.45) is 0. The maximum atomic E-state index is 12.0. The second-order valence-electron chi connectivity index (χ2n) is 4.39. The maximum Gasteiger partial charge on any atom is 0.327 e. The molecular formula is C13H14N2O4S. The molecule has 1 saturated heterocycles. The third-order valence-electron chi connectivity index (χ3n) is 2.97. The molecule has 0 radical (unpaired) electrons. The first-order valence-electron chi connectivity index (χ1n) is 5.98. The molecule has 0 aliphatic carbocycles. The number of ketones is 1. The summed E-state index contributed by atoms with van der Waals surface area (Å²) in [5.74, 6) is -0.303. The van der Waals surface area contributed by atoms with E-state index < -0.39 is 18.0 Å². The molecule has 1 aliphatic rings. The fourth-order valence-corrected chi connectivity index (χ4v) is 2.98. The lowest BCUT2D eigenvalue weighted by Gasteiger charge is -2.20. The van der Waals surface area contributed by atoms with Gasteiger partial charge in [-0.2, -0.15) is 0 Å². The number of nitrogens with one attached hydrogen (secondary N) is 1. The summed E-state index contributed by atoms with van der Waals surface area (Å²) in [6, 6.07) is 5.23. The molecule has 1 heterocycles. The zero-order valence-corrected chi connectivity index (χ0v) is 11.6. The topological polar surface area (TPSA) is 86.7 Å². The Kier molecular flexibility index (Phi) is 4.29. The van der Waals surface area contributed by atoms with Gasteiger partial charge in [0, 0.05) is 17.0 Å². The third-order valence-corrected chi connectivity index (χ3v) is 3.98. The molecule has 2 N–H and O–H groups in total. The fraction of sp³-hybridized carbons (Fsp3) is 0.308. The van der Waals surface area contributed by atoms with E-state index in [4.69, 9.17) is 5.11 Å². The SMILES string of the molecule is CC(=O)c1ccc(NC(=O)N2CSC[C@H]2C(=O)O)cc1. The number of rotatable bonds is 3. The third kappa shape index (κ3) is 3.11. The number of urea groups is 1. The van der Waals surface area contributed by atoms with E-state index in [1.807, 2.05) is 0 Å². The Labute approximate surface area is 120 Å². The quantitative estimate of drug-likeness (QED) is 0.831. The summed E-state index contributed by atoms with van der Waals surface area (Å²) in [4.78, 5) is 35.5. The number of amides is 2. The van der Waals surface area contributed by atoms with Crippen LogP contribution in [0, 0.1) is 0 Å². The number of hydrogen-bond acceptors (Lipinski definition) is 4. The molecule has 2 amide bonds. The average Bonchev–Trinajstić information content (AvgIpc) is 2.88. The highest BCUT2D eigenvalue weighted by atomic mass is 32.2. The van der Waals surface area contributed by atoms with E-state index >= 15 is 0 Å². The van der Waals surface area contributed by atoms with Crippen molar-refractivity contribution in [1.29, 1.82) is 0 Å². The lowest BCUT2D eigenvalue weighted by Crippen LogP contribution is -2.43. The van der Waals surface area contributed by atoms with Gasteiger partial charge in [0.25, 0.3) is 0 Å². The number of benzene rings is 1. The van der Waals surface area contributed by atoms with Crippen molar-refractivity contribution in [3.8, 4) is 0 Å². The largest absolute Gasteiger partial charge is 0.480 e. The predicted molar refractivity (Wildman–Crippen MR) is 76.1 cm³/mol. The van der Waals surface area contributed by atoms with Gasteiger partial charge < -0.3 is 15.3 Å². The minimum Gasteiger partial charge on any atom is -0.480 e. The molecule has 1 fully saturated rings. The number of Topliss-reactive ketones (excluding diaryl/α,β-unsaturated/α-hetero) is 1. The molecule has 6 nitrogen and oxygen atoms in total. The van der Waals surface area contributed by atoms with E-state index in [0.29, 0.717) is 22.9 Å². The van der Waals surface area contributed by atoms with Gasteiger partial charge in [0.15, 0.2) is 5.78 Å². The van der Waals surface area contributed by atoms with Gasteiger partial charge in [0.05, 0.1) is 5.88 Å². The van der Waals surface area contributed by atoms with Crippen LogP contribution in [0.5, 0.6) is 0 Å². The van der Waals surface area contributed by atoms with Crippen LogP contribution in [-0.4, -0.2) is 45.5 Å². The van der Waals surface area contributed by atoms with Crippen LogP contribution in [0.4, 0.5) is 10.5 Å². The van der Waals surface area contributed by atoms with Crippen LogP contribution in [-0.2, 0) is 4.79 Å². The highest BCUT2D eigenvalue weighted by Gasteiger charge is 2.34. The van der Waals surface area contributed by atoms with Crippen molar-refractivity contribution in [2.45, 2.75) is 13.0 Å². The summed E-state index contributed by atoms with van der Waals surface area (Å²) in [7, 11) is 0. The Bertz CT molecular complexity index is 544. The standard InChI is InChI=1S/C13H14N2O4S/c1-8(16)9-2-4-10(5-3-9)14-13(19)15-7-20-6-11(15)12(17)18/h2-5,11H,6-7H2,1H3,(H,14,19)(H,17,18)/t11-/m0/s1. The van der Waals surface area contributed by atoms with Gasteiger partial charge in [-0.05, 0) is 31.2 Å². The van der Waals surface area contributed by atoms with E-state index in [1.165, 1.54) is 23.6 Å². The monoisotopic (exact) mass is 294 g/mol. The normalized spacial score (nSPS) is 17.9. The molecule has 0 aromatic heterocycles. The summed E-state index contributed by atoms with van der Waals surface area (Å²) >= 11 is 1.40. The number of carbonyl (C=O) groups excluding carboxylic acids is 2. The van der Waals surface area contributed by atoms with Crippen LogP contribution in [0.2, 0.25) is 0 Å². The Balaban J connectivity index is 2.04. The second kappa shape index (κ2) is 5.96. The molecule has 1 aromatic rings. The molecule has 0 unspecified atom stereocenters. The number of hydrogen-bond donors (Lipinski definition) is 2. The van der Waals surface area contributed by atoms with Crippen LogP contribution in [0.15, 0.2) is 24.3 Å². The number of nitrogens with zero attached hydrogens (tertiary/aromatic N) is 1. The summed E-state index contributed by atoms with van der Waals surface area (Å²) in [5, 5.41) is 11.7. The Morgan fingerprint density at radius 1 is 1.30 bits per heavy atom. The zero-order valence-electron chi connectivity index (χ0n) is 10.8. The number of carboxylic acids is 1. The van der Waals surface area contributed by atoms with E-state index in [1.54, 1.807) is 24.3 Å². The molecule has 0 saturated carbocycles. The van der Waals surface area contributed by atoms with Crippen molar-refractivity contribution in [3.63, 3.8) is 0 Å². The summed E-state index contributed by atoms with van der Waals surface area (Å²) < 4.78 is 0. The molecule has 7 heteroatoms. The van der Waals surface area contributed by atoms with Gasteiger partial charge in [-0.1, -0.05) is 0 Å². The molecule has 1 aliphatic heterocycles. The highest BCUT2D eigenvalue weighted by molar-refractivity contribution is 7.99. The van der Waals surface area contributed by atoms with Crippen LogP contribution in [0.1, 0.15) is 17.3 Å². The van der Waals surface area contributed by atoms with E-state index in [9.17, 15) is 14.4 Å². The van der Waals surface area contributed by atoms with Gasteiger partial charge in [-0.15, -0.1) is 11.8 Å². The highest BCUT2D eigenvalue weighted by Crippen LogP contribution is 2.22. The Morgan fingerprint density at radius 3 is 2.50 bits per heavy atom. The first-order valence-corrected chi connectivity index (χ1v) is 7.13. The molecular weight excluding hydrogens is 280 g/mol. The summed E-state index contributed by atoms with van der Waals surface area (Å²) in [5.41, 5.74) is 1.09. The summed E-state index contributed by atoms with van der Waals surface area (Å²) in [6.45, 7) is 1.46. The number of anilines is 1. The molecule has 0 bridgehead atoms. The van der Waals surface area contributed by atoms with E-state index in [-0.39, 0.29) is 5.78 Å². The first-order chi connectivity index (χ1) is 9.49. The lowest BCUT2D eigenvalue weighted by molar-refractivity contribution is -0.140. The van der Waals surface area contributed by atoms with Crippen molar-refractivity contribution in [2.24, 2.45) is 0 Å². The molecule has 1 atom stereocenters. The smallest absolute Gasteiger partial charge is 0.327 e. The lowest BCUT2D eigenvalue weighted by atomic mass is 10.1. The maximum absolute atomic E-state index is 12.0. The zero-order chi connectivity index (χ0) is 14.7. The average molecular weight is 294 g/mol. The molecule has 2 rings (SSSR count). The van der Waals surface area contributed by atoms with Crippen LogP contribution < -0.4 is 5.32 Å². The van der Waals surface area contributed by atoms with Crippen molar-refractivity contribution in [1.82, 2.24) is 4.90 Å². The fourth-order valence-electron chi connectivity index (χ4n) is 1.83. The number of carboxylic acid groups (broad SMARTS) is 1. The minimum atomic E-state index is -1.00. The predicted octanol–water partition coefficient (Wildman–Crippen LogP) is 1.88. The van der Waals surface area contributed by atoms with E-state index in [0.717, 1.165) is 0 Å². The van der Waals surface area contributed by atoms with Crippen LogP contribution in [0.25, 0.3) is 0 Å². The molecule has 20 heavy (non-hydrogen) atoms. The van der Waals surface area contributed by atoms with Gasteiger partial charge in [-0.25, -0.2) is 9.59 Å². The van der Waals surface area contributed by atoms with Crippen molar-refractivity contribution < 1.29 is 19.5 Å². The van der Waals surface area contributed by atoms with Gasteiger partial charge in [0.2, 0.25) is 0 Å². The second-order valence-corrected chi connectivity index (χ2v) is 5.39. The van der Waals surface area contributed by atoms with Gasteiger partial charge >= 0.3 is 12.0 Å². The Hall–Kier alpha value is -2.02. The van der Waals surface area contributed by atoms with Crippen molar-refractivity contribution in [2.75, 3.05) is 16.9 Å². The number of aliphatic carboxylic acids is 1.